The van der Waals surface area contributed by atoms with Gasteiger partial charge in [0.05, 0.1) is 5.60 Å². The number of benzene rings is 1. The predicted octanol–water partition coefficient (Wildman–Crippen LogP) is 3.90. The molecule has 0 amide bonds. The lowest BCUT2D eigenvalue weighted by atomic mass is 9.97. The standard InChI is InChI=1S/C11H16O.C2H6/c1-9-5-7-10(8-6-9)11(2,3)12-4;1-2/h5-8H,1-4H3;1-2H3. The van der Waals surface area contributed by atoms with Gasteiger partial charge in [-0.15, -0.1) is 0 Å². The van der Waals surface area contributed by atoms with Crippen LogP contribution in [0.4, 0.5) is 0 Å². The normalized spacial score (nSPS) is 10.4. The minimum atomic E-state index is -0.173. The minimum absolute atomic E-state index is 0.173. The van der Waals surface area contributed by atoms with Gasteiger partial charge in [-0.3, -0.25) is 0 Å². The molecule has 0 spiro atoms. The molecule has 1 heteroatoms. The van der Waals surface area contributed by atoms with Gasteiger partial charge in [0.15, 0.2) is 0 Å². The van der Waals surface area contributed by atoms with Gasteiger partial charge in [0.2, 0.25) is 0 Å². The zero-order valence-electron chi connectivity index (χ0n) is 10.2. The largest absolute Gasteiger partial charge is 0.374 e. The van der Waals surface area contributed by atoms with Gasteiger partial charge < -0.3 is 4.74 Å². The Morgan fingerprint density at radius 2 is 1.43 bits per heavy atom. The monoisotopic (exact) mass is 194 g/mol. The molecular formula is C13H22O. The van der Waals surface area contributed by atoms with Crippen molar-refractivity contribution in [2.75, 3.05) is 7.11 Å². The fourth-order valence-corrected chi connectivity index (χ4v) is 1.07. The van der Waals surface area contributed by atoms with E-state index in [0.29, 0.717) is 0 Å². The quantitative estimate of drug-likeness (QED) is 0.693. The average Bonchev–Trinajstić information content (AvgIpc) is 2.21. The average molecular weight is 194 g/mol. The number of ether oxygens (including phenoxy) is 1. The van der Waals surface area contributed by atoms with E-state index >= 15 is 0 Å². The van der Waals surface area contributed by atoms with Crippen LogP contribution in [-0.2, 0) is 10.3 Å². The summed E-state index contributed by atoms with van der Waals surface area (Å²) in [6, 6.07) is 8.43. The van der Waals surface area contributed by atoms with E-state index in [9.17, 15) is 0 Å². The van der Waals surface area contributed by atoms with E-state index in [4.69, 9.17) is 4.74 Å². The molecule has 0 aliphatic heterocycles. The Kier molecular flexibility index (Phi) is 5.47. The van der Waals surface area contributed by atoms with Crippen LogP contribution >= 0.6 is 0 Å². The first-order valence-electron chi connectivity index (χ1n) is 5.18. The Bertz CT molecular complexity index is 246. The molecule has 0 saturated heterocycles. The van der Waals surface area contributed by atoms with Crippen LogP contribution < -0.4 is 0 Å². The molecule has 1 aromatic carbocycles. The highest BCUT2D eigenvalue weighted by Crippen LogP contribution is 2.23. The van der Waals surface area contributed by atoms with E-state index in [1.54, 1.807) is 7.11 Å². The van der Waals surface area contributed by atoms with E-state index in [2.05, 4.69) is 45.0 Å². The third-order valence-corrected chi connectivity index (χ3v) is 2.26. The topological polar surface area (TPSA) is 9.23 Å². The third-order valence-electron chi connectivity index (χ3n) is 2.26. The lowest BCUT2D eigenvalue weighted by Gasteiger charge is -2.23. The smallest absolute Gasteiger partial charge is 0.0871 e. The Balaban J connectivity index is 0.000000791. The summed E-state index contributed by atoms with van der Waals surface area (Å²) in [5.41, 5.74) is 2.33. The molecule has 80 valence electrons. The van der Waals surface area contributed by atoms with E-state index in [-0.39, 0.29) is 5.60 Å². The zero-order valence-corrected chi connectivity index (χ0v) is 10.2. The Morgan fingerprint density at radius 1 is 1.00 bits per heavy atom. The minimum Gasteiger partial charge on any atom is -0.374 e. The van der Waals surface area contributed by atoms with Crippen molar-refractivity contribution in [1.82, 2.24) is 0 Å². The molecule has 0 aliphatic rings. The number of hydrogen-bond acceptors (Lipinski definition) is 1. The second kappa shape index (κ2) is 5.82. The van der Waals surface area contributed by atoms with Crippen molar-refractivity contribution >= 4 is 0 Å². The summed E-state index contributed by atoms with van der Waals surface area (Å²) in [7, 11) is 1.74. The Hall–Kier alpha value is -0.820. The van der Waals surface area contributed by atoms with Crippen LogP contribution in [0.3, 0.4) is 0 Å². The van der Waals surface area contributed by atoms with Crippen molar-refractivity contribution in [3.8, 4) is 0 Å². The van der Waals surface area contributed by atoms with Gasteiger partial charge in [-0.2, -0.15) is 0 Å². The molecule has 1 rings (SSSR count). The first kappa shape index (κ1) is 13.2. The van der Waals surface area contributed by atoms with Crippen molar-refractivity contribution in [3.05, 3.63) is 35.4 Å². The van der Waals surface area contributed by atoms with Crippen LogP contribution in [0.5, 0.6) is 0 Å². The highest BCUT2D eigenvalue weighted by molar-refractivity contribution is 5.25. The van der Waals surface area contributed by atoms with E-state index < -0.39 is 0 Å². The molecule has 14 heavy (non-hydrogen) atoms. The molecule has 0 aromatic heterocycles. The Labute approximate surface area is 88.1 Å². The predicted molar refractivity (Wildman–Crippen MR) is 62.6 cm³/mol. The summed E-state index contributed by atoms with van der Waals surface area (Å²) < 4.78 is 5.36. The molecule has 0 saturated carbocycles. The molecule has 0 aliphatic carbocycles. The van der Waals surface area contributed by atoms with Gasteiger partial charge in [0, 0.05) is 7.11 Å². The summed E-state index contributed by atoms with van der Waals surface area (Å²) in [4.78, 5) is 0. The molecule has 1 aromatic rings. The lowest BCUT2D eigenvalue weighted by Crippen LogP contribution is -2.19. The second-order valence-corrected chi connectivity index (χ2v) is 3.58. The van der Waals surface area contributed by atoms with Crippen LogP contribution in [0.25, 0.3) is 0 Å². The van der Waals surface area contributed by atoms with Crippen molar-refractivity contribution < 1.29 is 4.74 Å². The fraction of sp³-hybridized carbons (Fsp3) is 0.538. The number of hydrogen-bond donors (Lipinski definition) is 0. The maximum Gasteiger partial charge on any atom is 0.0871 e. The molecule has 1 nitrogen and oxygen atoms in total. The summed E-state index contributed by atoms with van der Waals surface area (Å²) >= 11 is 0. The van der Waals surface area contributed by atoms with Gasteiger partial charge in [-0.05, 0) is 26.3 Å². The molecule has 0 radical (unpaired) electrons. The SMILES string of the molecule is CC.COC(C)(C)c1ccc(C)cc1. The van der Waals surface area contributed by atoms with Gasteiger partial charge in [0.1, 0.15) is 0 Å². The van der Waals surface area contributed by atoms with E-state index in [1.807, 2.05) is 13.8 Å². The molecule has 0 fully saturated rings. The summed E-state index contributed by atoms with van der Waals surface area (Å²) in [6.07, 6.45) is 0. The van der Waals surface area contributed by atoms with Crippen LogP contribution in [0, 0.1) is 6.92 Å². The van der Waals surface area contributed by atoms with Crippen molar-refractivity contribution in [3.63, 3.8) is 0 Å². The van der Waals surface area contributed by atoms with Crippen LogP contribution in [0.2, 0.25) is 0 Å². The second-order valence-electron chi connectivity index (χ2n) is 3.58. The number of rotatable bonds is 2. The van der Waals surface area contributed by atoms with Crippen molar-refractivity contribution in [2.24, 2.45) is 0 Å². The van der Waals surface area contributed by atoms with Gasteiger partial charge in [-0.1, -0.05) is 43.7 Å². The Morgan fingerprint density at radius 3 is 1.79 bits per heavy atom. The van der Waals surface area contributed by atoms with Crippen LogP contribution in [-0.4, -0.2) is 7.11 Å². The van der Waals surface area contributed by atoms with Crippen LogP contribution in [0.15, 0.2) is 24.3 Å². The van der Waals surface area contributed by atoms with Gasteiger partial charge >= 0.3 is 0 Å². The molecule has 0 unspecified atom stereocenters. The molecule has 0 bridgehead atoms. The maximum atomic E-state index is 5.36. The van der Waals surface area contributed by atoms with Crippen molar-refractivity contribution in [1.29, 1.82) is 0 Å². The third kappa shape index (κ3) is 3.51. The number of aryl methyl sites for hydroxylation is 1. The molecule has 0 atom stereocenters. The van der Waals surface area contributed by atoms with E-state index in [0.717, 1.165) is 0 Å². The highest BCUT2D eigenvalue weighted by Gasteiger charge is 2.18. The summed E-state index contributed by atoms with van der Waals surface area (Å²) in [5.74, 6) is 0. The number of methoxy groups -OCH3 is 1. The molecule has 0 N–H and O–H groups in total. The van der Waals surface area contributed by atoms with Crippen LogP contribution in [0.1, 0.15) is 38.8 Å². The molecule has 0 heterocycles. The zero-order chi connectivity index (χ0) is 11.2. The van der Waals surface area contributed by atoms with E-state index in [1.165, 1.54) is 11.1 Å². The maximum absolute atomic E-state index is 5.36. The summed E-state index contributed by atoms with van der Waals surface area (Å²) in [5, 5.41) is 0. The first-order chi connectivity index (χ1) is 6.56. The molecular weight excluding hydrogens is 172 g/mol. The van der Waals surface area contributed by atoms with Gasteiger partial charge in [0.25, 0.3) is 0 Å². The lowest BCUT2D eigenvalue weighted by molar-refractivity contribution is 0.0192. The summed E-state index contributed by atoms with van der Waals surface area (Å²) in [6.45, 7) is 10.2. The van der Waals surface area contributed by atoms with Crippen molar-refractivity contribution in [2.45, 2.75) is 40.2 Å². The van der Waals surface area contributed by atoms with Gasteiger partial charge in [-0.25, -0.2) is 0 Å². The highest BCUT2D eigenvalue weighted by atomic mass is 16.5. The first-order valence-corrected chi connectivity index (χ1v) is 5.18. The fourth-order valence-electron chi connectivity index (χ4n) is 1.07.